The molecule has 0 aliphatic carbocycles. The molecular formula is C19H16ClNO5. The summed E-state index contributed by atoms with van der Waals surface area (Å²) in [5, 5.41) is 3.05. The van der Waals surface area contributed by atoms with Crippen LogP contribution in [0.2, 0.25) is 5.02 Å². The molecule has 0 spiro atoms. The number of para-hydroxylation sites is 1. The van der Waals surface area contributed by atoms with Crippen molar-refractivity contribution in [3.8, 4) is 0 Å². The summed E-state index contributed by atoms with van der Waals surface area (Å²) in [7, 11) is 1.25. The zero-order chi connectivity index (χ0) is 18.9. The smallest absolute Gasteiger partial charge is 0.339 e. The molecule has 0 aliphatic heterocycles. The van der Waals surface area contributed by atoms with Crippen molar-refractivity contribution >= 4 is 41.2 Å². The van der Waals surface area contributed by atoms with E-state index in [-0.39, 0.29) is 11.3 Å². The van der Waals surface area contributed by atoms with E-state index >= 15 is 0 Å². The van der Waals surface area contributed by atoms with Gasteiger partial charge >= 0.3 is 11.9 Å². The van der Waals surface area contributed by atoms with Crippen molar-refractivity contribution in [3.05, 3.63) is 70.8 Å². The number of carbonyl (C=O) groups excluding carboxylic acids is 3. The highest BCUT2D eigenvalue weighted by Gasteiger charge is 2.13. The second-order valence-corrected chi connectivity index (χ2v) is 5.52. The summed E-state index contributed by atoms with van der Waals surface area (Å²) in [6.07, 6.45) is 2.72. The molecule has 2 aromatic rings. The summed E-state index contributed by atoms with van der Waals surface area (Å²) < 4.78 is 9.51. The predicted molar refractivity (Wildman–Crippen MR) is 97.9 cm³/mol. The average molecular weight is 374 g/mol. The minimum atomic E-state index is -0.679. The number of hydrogen-bond acceptors (Lipinski definition) is 5. The fourth-order valence-corrected chi connectivity index (χ4v) is 2.22. The molecule has 2 rings (SSSR count). The lowest BCUT2D eigenvalue weighted by atomic mass is 10.2. The Balaban J connectivity index is 1.89. The minimum absolute atomic E-state index is 0.204. The third kappa shape index (κ3) is 5.75. The number of nitrogens with one attached hydrogen (secondary N) is 1. The van der Waals surface area contributed by atoms with Crippen molar-refractivity contribution in [2.45, 2.75) is 0 Å². The van der Waals surface area contributed by atoms with Gasteiger partial charge in [0, 0.05) is 11.1 Å². The van der Waals surface area contributed by atoms with Gasteiger partial charge in [-0.05, 0) is 35.9 Å². The highest BCUT2D eigenvalue weighted by molar-refractivity contribution is 6.30. The van der Waals surface area contributed by atoms with Crippen LogP contribution in [-0.2, 0) is 19.1 Å². The van der Waals surface area contributed by atoms with Crippen LogP contribution >= 0.6 is 11.6 Å². The quantitative estimate of drug-likeness (QED) is 0.620. The summed E-state index contributed by atoms with van der Waals surface area (Å²) in [6.45, 7) is -0.492. The molecule has 0 saturated heterocycles. The normalized spacial score (nSPS) is 10.4. The fourth-order valence-electron chi connectivity index (χ4n) is 2.03. The lowest BCUT2D eigenvalue weighted by Gasteiger charge is -2.09. The summed E-state index contributed by atoms with van der Waals surface area (Å²) in [6, 6.07) is 13.3. The molecule has 1 N–H and O–H groups in total. The maximum atomic E-state index is 11.9. The van der Waals surface area contributed by atoms with E-state index in [9.17, 15) is 14.4 Å². The molecule has 0 aromatic heterocycles. The van der Waals surface area contributed by atoms with E-state index in [2.05, 4.69) is 10.1 Å². The van der Waals surface area contributed by atoms with Gasteiger partial charge in [-0.3, -0.25) is 4.79 Å². The largest absolute Gasteiger partial charge is 0.465 e. The molecule has 0 aliphatic rings. The maximum Gasteiger partial charge on any atom is 0.339 e. The molecular weight excluding hydrogens is 358 g/mol. The Bertz CT molecular complexity index is 847. The van der Waals surface area contributed by atoms with Gasteiger partial charge in [-0.2, -0.15) is 0 Å². The highest BCUT2D eigenvalue weighted by atomic mass is 35.5. The molecule has 0 bridgehead atoms. The fraction of sp³-hybridized carbons (Fsp3) is 0.105. The Labute approximate surface area is 155 Å². The van der Waals surface area contributed by atoms with Gasteiger partial charge in [0.2, 0.25) is 0 Å². The monoisotopic (exact) mass is 373 g/mol. The molecule has 26 heavy (non-hydrogen) atoms. The van der Waals surface area contributed by atoms with Crippen LogP contribution in [0.3, 0.4) is 0 Å². The van der Waals surface area contributed by atoms with Crippen LogP contribution in [-0.4, -0.2) is 31.6 Å². The number of halogens is 1. The Hall–Kier alpha value is -3.12. The molecule has 0 fully saturated rings. The minimum Gasteiger partial charge on any atom is -0.465 e. The standard InChI is InChI=1S/C19H16ClNO5/c1-25-19(24)15-7-2-3-8-16(15)21-17(22)12-26-18(23)10-9-13-5-4-6-14(20)11-13/h2-11H,12H2,1H3,(H,21,22)/b10-9+. The van der Waals surface area contributed by atoms with E-state index in [1.165, 1.54) is 25.3 Å². The molecule has 1 amide bonds. The molecule has 0 saturated carbocycles. The number of rotatable bonds is 6. The Morgan fingerprint density at radius 3 is 2.62 bits per heavy atom. The van der Waals surface area contributed by atoms with Crippen LogP contribution in [0.5, 0.6) is 0 Å². The van der Waals surface area contributed by atoms with Crippen molar-refractivity contribution < 1.29 is 23.9 Å². The topological polar surface area (TPSA) is 81.7 Å². The van der Waals surface area contributed by atoms with Crippen LogP contribution in [0.15, 0.2) is 54.6 Å². The Morgan fingerprint density at radius 1 is 1.12 bits per heavy atom. The lowest BCUT2D eigenvalue weighted by Crippen LogP contribution is -2.21. The zero-order valence-electron chi connectivity index (χ0n) is 13.9. The first-order chi connectivity index (χ1) is 12.5. The third-order valence-corrected chi connectivity index (χ3v) is 3.45. The van der Waals surface area contributed by atoms with Gasteiger partial charge in [-0.15, -0.1) is 0 Å². The van der Waals surface area contributed by atoms with Gasteiger partial charge in [0.05, 0.1) is 18.4 Å². The number of amides is 1. The van der Waals surface area contributed by atoms with Gasteiger partial charge < -0.3 is 14.8 Å². The van der Waals surface area contributed by atoms with Crippen LogP contribution in [0.25, 0.3) is 6.08 Å². The number of benzene rings is 2. The summed E-state index contributed by atoms with van der Waals surface area (Å²) in [5.41, 5.74) is 1.20. The van der Waals surface area contributed by atoms with Crippen LogP contribution in [0.1, 0.15) is 15.9 Å². The van der Waals surface area contributed by atoms with Gasteiger partial charge in [0.1, 0.15) is 0 Å². The predicted octanol–water partition coefficient (Wildman–Crippen LogP) is 3.32. The average Bonchev–Trinajstić information content (AvgIpc) is 2.64. The van der Waals surface area contributed by atoms with Gasteiger partial charge in [0.25, 0.3) is 5.91 Å². The van der Waals surface area contributed by atoms with E-state index in [4.69, 9.17) is 16.3 Å². The highest BCUT2D eigenvalue weighted by Crippen LogP contribution is 2.16. The van der Waals surface area contributed by atoms with Crippen LogP contribution in [0.4, 0.5) is 5.69 Å². The molecule has 0 unspecified atom stereocenters. The van der Waals surface area contributed by atoms with Crippen molar-refractivity contribution in [3.63, 3.8) is 0 Å². The Kier molecular flexibility index (Phi) is 6.93. The van der Waals surface area contributed by atoms with E-state index in [1.54, 1.807) is 42.5 Å². The van der Waals surface area contributed by atoms with E-state index in [1.807, 2.05) is 0 Å². The van der Waals surface area contributed by atoms with Crippen molar-refractivity contribution in [1.82, 2.24) is 0 Å². The van der Waals surface area contributed by atoms with E-state index in [0.29, 0.717) is 5.02 Å². The van der Waals surface area contributed by atoms with Crippen LogP contribution in [0, 0.1) is 0 Å². The van der Waals surface area contributed by atoms with E-state index < -0.39 is 24.5 Å². The van der Waals surface area contributed by atoms with Crippen molar-refractivity contribution in [2.75, 3.05) is 19.0 Å². The number of methoxy groups -OCH3 is 1. The van der Waals surface area contributed by atoms with Crippen LogP contribution < -0.4 is 5.32 Å². The second-order valence-electron chi connectivity index (χ2n) is 5.08. The molecule has 2 aromatic carbocycles. The molecule has 0 heterocycles. The number of esters is 2. The molecule has 7 heteroatoms. The second kappa shape index (κ2) is 9.39. The first kappa shape index (κ1) is 19.2. The van der Waals surface area contributed by atoms with E-state index in [0.717, 1.165) is 5.56 Å². The summed E-state index contributed by atoms with van der Waals surface area (Å²) in [5.74, 6) is -1.84. The first-order valence-corrected chi connectivity index (χ1v) is 7.95. The third-order valence-electron chi connectivity index (χ3n) is 3.21. The molecule has 134 valence electrons. The zero-order valence-corrected chi connectivity index (χ0v) is 14.7. The van der Waals surface area contributed by atoms with Crippen molar-refractivity contribution in [1.29, 1.82) is 0 Å². The van der Waals surface area contributed by atoms with Gasteiger partial charge in [-0.1, -0.05) is 35.9 Å². The first-order valence-electron chi connectivity index (χ1n) is 7.57. The summed E-state index contributed by atoms with van der Waals surface area (Å²) >= 11 is 5.85. The lowest BCUT2D eigenvalue weighted by molar-refractivity contribution is -0.142. The molecule has 0 radical (unpaired) electrons. The van der Waals surface area contributed by atoms with Gasteiger partial charge in [0.15, 0.2) is 6.61 Å². The number of hydrogen-bond donors (Lipinski definition) is 1. The number of carbonyl (C=O) groups is 3. The Morgan fingerprint density at radius 2 is 1.88 bits per heavy atom. The molecule has 6 nitrogen and oxygen atoms in total. The summed E-state index contributed by atoms with van der Waals surface area (Å²) in [4.78, 5) is 35.2. The molecule has 0 atom stereocenters. The number of anilines is 1. The SMILES string of the molecule is COC(=O)c1ccccc1NC(=O)COC(=O)/C=C/c1cccc(Cl)c1. The van der Waals surface area contributed by atoms with Gasteiger partial charge in [-0.25, -0.2) is 9.59 Å². The number of ether oxygens (including phenoxy) is 2. The maximum absolute atomic E-state index is 11.9. The van der Waals surface area contributed by atoms with Crippen molar-refractivity contribution in [2.24, 2.45) is 0 Å².